The third-order valence-electron chi connectivity index (χ3n) is 4.70. The molecule has 3 heterocycles. The number of fused-ring (bicyclic) bond motifs is 1. The summed E-state index contributed by atoms with van der Waals surface area (Å²) in [5.74, 6) is -0.299. The predicted molar refractivity (Wildman–Crippen MR) is 94.8 cm³/mol. The fraction of sp³-hybridized carbons (Fsp3) is 0.529. The van der Waals surface area contributed by atoms with Crippen LogP contribution in [0.5, 0.6) is 0 Å². The molecule has 0 aromatic carbocycles. The Morgan fingerprint density at radius 3 is 2.56 bits per heavy atom. The highest BCUT2D eigenvalue weighted by molar-refractivity contribution is 5.94. The number of nitrogens with one attached hydrogen (secondary N) is 1. The van der Waals surface area contributed by atoms with Crippen LogP contribution in [0.4, 0.5) is 0 Å². The molecule has 0 unspecified atom stereocenters. The maximum atomic E-state index is 12.3. The summed E-state index contributed by atoms with van der Waals surface area (Å²) in [6, 6.07) is 3.06. The smallest absolute Gasteiger partial charge is 0.332 e. The molecule has 25 heavy (non-hydrogen) atoms. The number of aromatic nitrogens is 3. The van der Waals surface area contributed by atoms with Gasteiger partial charge in [0.1, 0.15) is 11.3 Å². The molecule has 3 rings (SSSR count). The van der Waals surface area contributed by atoms with Crippen molar-refractivity contribution in [2.75, 3.05) is 26.2 Å². The van der Waals surface area contributed by atoms with Gasteiger partial charge in [0.15, 0.2) is 0 Å². The lowest BCUT2D eigenvalue weighted by atomic mass is 10.1. The van der Waals surface area contributed by atoms with Gasteiger partial charge in [-0.25, -0.2) is 9.78 Å². The van der Waals surface area contributed by atoms with Gasteiger partial charge in [-0.15, -0.1) is 0 Å². The summed E-state index contributed by atoms with van der Waals surface area (Å²) < 4.78 is 2.31. The minimum absolute atomic E-state index is 0.203. The standard InChI is InChI=1S/C17H23N5O3/c1-20-14-12(16(24)21(2)17(20)25)6-7-13(19-14)15(23)18-8-11-22-9-4-3-5-10-22/h6-7H,3-5,8-11H2,1-2H3,(H,18,23). The summed E-state index contributed by atoms with van der Waals surface area (Å²) >= 11 is 0. The molecule has 8 heteroatoms. The Morgan fingerprint density at radius 1 is 1.12 bits per heavy atom. The van der Waals surface area contributed by atoms with E-state index in [0.717, 1.165) is 24.2 Å². The number of amides is 1. The molecule has 0 atom stereocenters. The summed E-state index contributed by atoms with van der Waals surface area (Å²) in [7, 11) is 2.96. The van der Waals surface area contributed by atoms with Crippen molar-refractivity contribution >= 4 is 16.9 Å². The summed E-state index contributed by atoms with van der Waals surface area (Å²) in [6.45, 7) is 3.53. The molecule has 134 valence electrons. The van der Waals surface area contributed by atoms with E-state index in [9.17, 15) is 14.4 Å². The number of rotatable bonds is 4. The number of piperidine rings is 1. The lowest BCUT2D eigenvalue weighted by Crippen LogP contribution is -2.38. The Balaban J connectivity index is 1.76. The third-order valence-corrected chi connectivity index (χ3v) is 4.70. The van der Waals surface area contributed by atoms with E-state index < -0.39 is 11.2 Å². The van der Waals surface area contributed by atoms with Gasteiger partial charge in [0.2, 0.25) is 0 Å². The maximum Gasteiger partial charge on any atom is 0.332 e. The minimum Gasteiger partial charge on any atom is -0.349 e. The Bertz CT molecular complexity index is 909. The van der Waals surface area contributed by atoms with Crippen LogP contribution in [0.15, 0.2) is 21.7 Å². The van der Waals surface area contributed by atoms with E-state index in [2.05, 4.69) is 15.2 Å². The molecule has 2 aromatic heterocycles. The van der Waals surface area contributed by atoms with Crippen LogP contribution < -0.4 is 16.6 Å². The van der Waals surface area contributed by atoms with Gasteiger partial charge in [-0.1, -0.05) is 6.42 Å². The molecule has 1 saturated heterocycles. The second-order valence-corrected chi connectivity index (χ2v) is 6.43. The number of nitrogens with zero attached hydrogens (tertiary/aromatic N) is 4. The number of carbonyl (C=O) groups excluding carboxylic acids is 1. The quantitative estimate of drug-likeness (QED) is 0.832. The summed E-state index contributed by atoms with van der Waals surface area (Å²) in [5.41, 5.74) is -0.457. The van der Waals surface area contributed by atoms with E-state index >= 15 is 0 Å². The number of carbonyl (C=O) groups is 1. The van der Waals surface area contributed by atoms with Gasteiger partial charge in [-0.3, -0.25) is 18.7 Å². The Morgan fingerprint density at radius 2 is 1.84 bits per heavy atom. The molecule has 2 aromatic rings. The first-order valence-electron chi connectivity index (χ1n) is 8.56. The number of hydrogen-bond donors (Lipinski definition) is 1. The van der Waals surface area contributed by atoms with E-state index in [1.165, 1.54) is 44.0 Å². The van der Waals surface area contributed by atoms with E-state index in [-0.39, 0.29) is 17.2 Å². The normalized spacial score (nSPS) is 15.4. The fourth-order valence-electron chi connectivity index (χ4n) is 3.18. The van der Waals surface area contributed by atoms with Crippen molar-refractivity contribution in [3.63, 3.8) is 0 Å². The summed E-state index contributed by atoms with van der Waals surface area (Å²) in [4.78, 5) is 43.0. The molecule has 0 radical (unpaired) electrons. The van der Waals surface area contributed by atoms with E-state index in [4.69, 9.17) is 0 Å². The molecule has 1 fully saturated rings. The van der Waals surface area contributed by atoms with Crippen molar-refractivity contribution in [1.82, 2.24) is 24.3 Å². The van der Waals surface area contributed by atoms with Crippen LogP contribution >= 0.6 is 0 Å². The van der Waals surface area contributed by atoms with Crippen LogP contribution in [-0.2, 0) is 14.1 Å². The van der Waals surface area contributed by atoms with E-state index in [0.29, 0.717) is 11.9 Å². The number of aryl methyl sites for hydroxylation is 1. The van der Waals surface area contributed by atoms with Gasteiger partial charge in [-0.2, -0.15) is 0 Å². The average Bonchev–Trinajstić information content (AvgIpc) is 2.65. The number of pyridine rings is 1. The Hall–Kier alpha value is -2.48. The van der Waals surface area contributed by atoms with Gasteiger partial charge in [0.05, 0.1) is 5.39 Å². The van der Waals surface area contributed by atoms with Crippen LogP contribution in [0.25, 0.3) is 11.0 Å². The van der Waals surface area contributed by atoms with Gasteiger partial charge >= 0.3 is 5.69 Å². The van der Waals surface area contributed by atoms with Crippen molar-refractivity contribution in [1.29, 1.82) is 0 Å². The number of hydrogen-bond acceptors (Lipinski definition) is 5. The fourth-order valence-corrected chi connectivity index (χ4v) is 3.18. The van der Waals surface area contributed by atoms with Gasteiger partial charge in [0, 0.05) is 27.2 Å². The van der Waals surface area contributed by atoms with Crippen molar-refractivity contribution in [3.8, 4) is 0 Å². The van der Waals surface area contributed by atoms with Crippen molar-refractivity contribution < 1.29 is 4.79 Å². The lowest BCUT2D eigenvalue weighted by molar-refractivity contribution is 0.0942. The topological polar surface area (TPSA) is 89.2 Å². The first-order chi connectivity index (χ1) is 12.0. The molecule has 1 aliphatic heterocycles. The second-order valence-electron chi connectivity index (χ2n) is 6.43. The lowest BCUT2D eigenvalue weighted by Gasteiger charge is -2.26. The highest BCUT2D eigenvalue weighted by atomic mass is 16.2. The first kappa shape index (κ1) is 17.3. The van der Waals surface area contributed by atoms with Crippen LogP contribution in [0.1, 0.15) is 29.8 Å². The van der Waals surface area contributed by atoms with E-state index in [1.54, 1.807) is 6.07 Å². The Labute approximate surface area is 145 Å². The third kappa shape index (κ3) is 3.48. The molecule has 0 bridgehead atoms. The van der Waals surface area contributed by atoms with Crippen LogP contribution in [0.2, 0.25) is 0 Å². The van der Waals surface area contributed by atoms with Crippen molar-refractivity contribution in [3.05, 3.63) is 38.7 Å². The van der Waals surface area contributed by atoms with Crippen molar-refractivity contribution in [2.45, 2.75) is 19.3 Å². The first-order valence-corrected chi connectivity index (χ1v) is 8.56. The zero-order valence-electron chi connectivity index (χ0n) is 14.6. The second kappa shape index (κ2) is 7.18. The SMILES string of the molecule is Cn1c(=O)c2ccc(C(=O)NCCN3CCCCC3)nc2n(C)c1=O. The largest absolute Gasteiger partial charge is 0.349 e. The molecule has 8 nitrogen and oxygen atoms in total. The average molecular weight is 345 g/mol. The molecular formula is C17H23N5O3. The Kier molecular flexibility index (Phi) is 4.98. The zero-order valence-corrected chi connectivity index (χ0v) is 14.6. The highest BCUT2D eigenvalue weighted by Crippen LogP contribution is 2.08. The van der Waals surface area contributed by atoms with E-state index in [1.807, 2.05) is 0 Å². The van der Waals surface area contributed by atoms with Gasteiger partial charge in [-0.05, 0) is 38.1 Å². The molecular weight excluding hydrogens is 322 g/mol. The highest BCUT2D eigenvalue weighted by Gasteiger charge is 2.14. The van der Waals surface area contributed by atoms with Gasteiger partial charge in [0.25, 0.3) is 11.5 Å². The molecule has 1 amide bonds. The van der Waals surface area contributed by atoms with Crippen molar-refractivity contribution in [2.24, 2.45) is 14.1 Å². The minimum atomic E-state index is -0.465. The number of likely N-dealkylation sites (tertiary alicyclic amines) is 1. The van der Waals surface area contributed by atoms with Gasteiger partial charge < -0.3 is 10.2 Å². The summed E-state index contributed by atoms with van der Waals surface area (Å²) in [6.07, 6.45) is 3.70. The summed E-state index contributed by atoms with van der Waals surface area (Å²) in [5, 5.41) is 3.17. The molecule has 0 aliphatic carbocycles. The monoisotopic (exact) mass is 345 g/mol. The van der Waals surface area contributed by atoms with Crippen LogP contribution in [-0.4, -0.2) is 51.1 Å². The predicted octanol–water partition coefficient (Wildman–Crippen LogP) is -0.152. The molecule has 0 saturated carbocycles. The molecule has 0 spiro atoms. The molecule has 1 aliphatic rings. The maximum absolute atomic E-state index is 12.3. The van der Waals surface area contributed by atoms with Crippen LogP contribution in [0, 0.1) is 0 Å². The molecule has 1 N–H and O–H groups in total. The van der Waals surface area contributed by atoms with Crippen LogP contribution in [0.3, 0.4) is 0 Å². The zero-order chi connectivity index (χ0) is 18.0.